The van der Waals surface area contributed by atoms with Gasteiger partial charge in [0.05, 0.1) is 0 Å². The van der Waals surface area contributed by atoms with Crippen LogP contribution in [-0.4, -0.2) is 0 Å². The summed E-state index contributed by atoms with van der Waals surface area (Å²) in [6, 6.07) is 71.4. The molecule has 0 heterocycles. The van der Waals surface area contributed by atoms with Gasteiger partial charge in [0.1, 0.15) is 0 Å². The molecule has 10 aromatic rings. The Morgan fingerprint density at radius 3 is 1.38 bits per heavy atom. The Morgan fingerprint density at radius 1 is 0.200 bits per heavy atom. The van der Waals surface area contributed by atoms with Crippen molar-refractivity contribution in [2.24, 2.45) is 0 Å². The fraction of sp³-hybridized carbons (Fsp3) is 0. The first-order chi connectivity index (χ1) is 24.8. The first-order valence-corrected chi connectivity index (χ1v) is 17.3. The van der Waals surface area contributed by atoms with Crippen molar-refractivity contribution < 1.29 is 0 Å². The third-order valence-electron chi connectivity index (χ3n) is 10.4. The molecule has 0 spiro atoms. The molecule has 0 amide bonds. The highest BCUT2D eigenvalue weighted by molar-refractivity contribution is 6.23. The molecule has 0 radical (unpaired) electrons. The van der Waals surface area contributed by atoms with Crippen molar-refractivity contribution in [1.82, 2.24) is 0 Å². The normalized spacial score (nSPS) is 11.6. The van der Waals surface area contributed by atoms with Gasteiger partial charge in [-0.3, -0.25) is 0 Å². The number of rotatable bonds is 4. The van der Waals surface area contributed by atoms with E-state index in [0.717, 1.165) is 0 Å². The first-order valence-electron chi connectivity index (χ1n) is 17.3. The van der Waals surface area contributed by atoms with Gasteiger partial charge in [-0.05, 0) is 123 Å². The lowest BCUT2D eigenvalue weighted by Gasteiger charge is -2.20. The number of hydrogen-bond donors (Lipinski definition) is 0. The lowest BCUT2D eigenvalue weighted by molar-refractivity contribution is 1.62. The van der Waals surface area contributed by atoms with Crippen LogP contribution in [0.2, 0.25) is 0 Å². The minimum atomic E-state index is 1.22. The fourth-order valence-corrected chi connectivity index (χ4v) is 8.07. The van der Waals surface area contributed by atoms with Crippen LogP contribution in [0.5, 0.6) is 0 Å². The summed E-state index contributed by atoms with van der Waals surface area (Å²) in [5.74, 6) is 0. The second-order valence-electron chi connectivity index (χ2n) is 13.3. The summed E-state index contributed by atoms with van der Waals surface area (Å²) >= 11 is 0. The monoisotopic (exact) mass is 632 g/mol. The van der Waals surface area contributed by atoms with E-state index in [1.807, 2.05) is 0 Å². The average Bonchev–Trinajstić information content (AvgIpc) is 3.19. The maximum atomic E-state index is 2.44. The minimum absolute atomic E-state index is 1.22. The van der Waals surface area contributed by atoms with Crippen molar-refractivity contribution in [3.05, 3.63) is 194 Å². The molecule has 0 aliphatic heterocycles. The van der Waals surface area contributed by atoms with E-state index in [1.54, 1.807) is 0 Å². The van der Waals surface area contributed by atoms with Crippen LogP contribution in [-0.2, 0) is 0 Å². The maximum absolute atomic E-state index is 2.44. The minimum Gasteiger partial charge on any atom is -0.0622 e. The zero-order valence-corrected chi connectivity index (χ0v) is 27.5. The van der Waals surface area contributed by atoms with E-state index in [2.05, 4.69) is 194 Å². The summed E-state index contributed by atoms with van der Waals surface area (Å²) in [7, 11) is 0. The van der Waals surface area contributed by atoms with Crippen LogP contribution in [0.25, 0.3) is 98.4 Å². The molecule has 10 aromatic carbocycles. The van der Waals surface area contributed by atoms with Gasteiger partial charge >= 0.3 is 0 Å². The third kappa shape index (κ3) is 4.61. The highest BCUT2D eigenvalue weighted by Gasteiger charge is 2.19. The molecule has 0 bridgehead atoms. The molecule has 0 fully saturated rings. The van der Waals surface area contributed by atoms with E-state index in [9.17, 15) is 0 Å². The highest BCUT2D eigenvalue weighted by Crippen LogP contribution is 2.46. The Balaban J connectivity index is 1.30. The van der Waals surface area contributed by atoms with Crippen LogP contribution in [0.15, 0.2) is 194 Å². The molecule has 0 saturated heterocycles. The smallest absolute Gasteiger partial charge is 0.00259 e. The molecule has 0 nitrogen and oxygen atoms in total. The molecule has 0 saturated carbocycles. The number of hydrogen-bond acceptors (Lipinski definition) is 0. The lowest BCUT2D eigenvalue weighted by Crippen LogP contribution is -1.93. The van der Waals surface area contributed by atoms with Crippen LogP contribution < -0.4 is 0 Å². The van der Waals surface area contributed by atoms with Crippen LogP contribution in [0, 0.1) is 0 Å². The van der Waals surface area contributed by atoms with E-state index >= 15 is 0 Å². The summed E-state index contributed by atoms with van der Waals surface area (Å²) in [6.07, 6.45) is 0. The second kappa shape index (κ2) is 11.6. The molecule has 10 rings (SSSR count). The topological polar surface area (TPSA) is 0 Å². The van der Waals surface area contributed by atoms with E-state index < -0.39 is 0 Å². The van der Waals surface area contributed by atoms with Gasteiger partial charge in [0, 0.05) is 0 Å². The molecule has 232 valence electrons. The molecule has 0 heteroatoms. The summed E-state index contributed by atoms with van der Waals surface area (Å²) in [4.78, 5) is 0. The SMILES string of the molecule is c1ccc(-c2ccc3c(-c4ccccc4)c4ccc(-c5cccc6c5ccc5cc7ccccc7cc56)cc4c(-c4ccccc4)c3c2)cc1. The Labute approximate surface area is 291 Å². The van der Waals surface area contributed by atoms with Crippen molar-refractivity contribution in [2.75, 3.05) is 0 Å². The van der Waals surface area contributed by atoms with Crippen molar-refractivity contribution in [1.29, 1.82) is 0 Å². The Bertz CT molecular complexity index is 2880. The van der Waals surface area contributed by atoms with E-state index in [4.69, 9.17) is 0 Å². The van der Waals surface area contributed by atoms with E-state index in [-0.39, 0.29) is 0 Å². The van der Waals surface area contributed by atoms with Crippen LogP contribution in [0.1, 0.15) is 0 Å². The molecule has 0 aromatic heterocycles. The zero-order chi connectivity index (χ0) is 33.0. The Hall–Kier alpha value is -6.50. The van der Waals surface area contributed by atoms with Crippen LogP contribution in [0.3, 0.4) is 0 Å². The molecular formula is C50H32. The van der Waals surface area contributed by atoms with Crippen molar-refractivity contribution >= 4 is 53.9 Å². The largest absolute Gasteiger partial charge is 0.0622 e. The summed E-state index contributed by atoms with van der Waals surface area (Å²) < 4.78 is 0. The number of benzene rings is 10. The molecule has 0 N–H and O–H groups in total. The predicted molar refractivity (Wildman–Crippen MR) is 216 cm³/mol. The van der Waals surface area contributed by atoms with Crippen LogP contribution >= 0.6 is 0 Å². The third-order valence-corrected chi connectivity index (χ3v) is 10.4. The van der Waals surface area contributed by atoms with Crippen molar-refractivity contribution in [3.8, 4) is 44.5 Å². The molecule has 0 aliphatic carbocycles. The second-order valence-corrected chi connectivity index (χ2v) is 13.3. The van der Waals surface area contributed by atoms with Gasteiger partial charge in [-0.2, -0.15) is 0 Å². The van der Waals surface area contributed by atoms with Gasteiger partial charge in [-0.15, -0.1) is 0 Å². The summed E-state index contributed by atoms with van der Waals surface area (Å²) in [5, 5.41) is 12.7. The standard InChI is InChI=1S/C50H32/c1-4-13-33(14-5-1)38-23-27-44-47(31-38)50(35-17-8-3-9-18-35)48-32-40(25-28-45(48)49(44)34-15-6-2-7-16-34)41-21-12-22-42-43(41)26-24-39-29-36-19-10-11-20-37(36)30-46(39)42/h1-32H. The van der Waals surface area contributed by atoms with Gasteiger partial charge in [0.2, 0.25) is 0 Å². The number of fused-ring (bicyclic) bond motifs is 6. The average molecular weight is 633 g/mol. The van der Waals surface area contributed by atoms with Crippen molar-refractivity contribution in [2.45, 2.75) is 0 Å². The summed E-state index contributed by atoms with van der Waals surface area (Å²) in [6.45, 7) is 0. The van der Waals surface area contributed by atoms with Crippen LogP contribution in [0.4, 0.5) is 0 Å². The maximum Gasteiger partial charge on any atom is -0.00259 e. The van der Waals surface area contributed by atoms with Gasteiger partial charge in [0.15, 0.2) is 0 Å². The fourth-order valence-electron chi connectivity index (χ4n) is 8.07. The van der Waals surface area contributed by atoms with Gasteiger partial charge in [-0.1, -0.05) is 170 Å². The van der Waals surface area contributed by atoms with Gasteiger partial charge < -0.3 is 0 Å². The molecule has 0 atom stereocenters. The molecular weight excluding hydrogens is 601 g/mol. The highest BCUT2D eigenvalue weighted by atomic mass is 14.2. The Morgan fingerprint density at radius 2 is 0.720 bits per heavy atom. The summed E-state index contributed by atoms with van der Waals surface area (Å²) in [5.41, 5.74) is 9.91. The van der Waals surface area contributed by atoms with E-state index in [0.29, 0.717) is 0 Å². The van der Waals surface area contributed by atoms with Crippen molar-refractivity contribution in [3.63, 3.8) is 0 Å². The Kier molecular flexibility index (Phi) is 6.60. The first kappa shape index (κ1) is 28.5. The predicted octanol–water partition coefficient (Wildman–Crippen LogP) is 14.1. The zero-order valence-electron chi connectivity index (χ0n) is 27.5. The molecule has 0 unspecified atom stereocenters. The van der Waals surface area contributed by atoms with Gasteiger partial charge in [-0.25, -0.2) is 0 Å². The van der Waals surface area contributed by atoms with Gasteiger partial charge in [0.25, 0.3) is 0 Å². The quantitative estimate of drug-likeness (QED) is 0.134. The molecule has 0 aliphatic rings. The molecule has 50 heavy (non-hydrogen) atoms. The lowest BCUT2D eigenvalue weighted by atomic mass is 9.83. The van der Waals surface area contributed by atoms with E-state index in [1.165, 1.54) is 98.4 Å².